The van der Waals surface area contributed by atoms with E-state index in [1.54, 1.807) is 0 Å². The Bertz CT molecular complexity index is 71.6. The molecule has 0 aliphatic carbocycles. The monoisotopic (exact) mass is 320 g/mol. The van der Waals surface area contributed by atoms with E-state index in [2.05, 4.69) is 0 Å². The molecule has 0 aromatic heterocycles. The second-order valence-corrected chi connectivity index (χ2v) is 28.1. The molecule has 0 bridgehead atoms. The van der Waals surface area contributed by atoms with Crippen LogP contribution >= 0.6 is 60.6 Å². The first kappa shape index (κ1) is 22.7. The van der Waals surface area contributed by atoms with Gasteiger partial charge >= 0.3 is 65.9 Å². The number of hydrogen-bond donors (Lipinski definition) is 0. The summed E-state index contributed by atoms with van der Waals surface area (Å²) >= 11 is 0. The van der Waals surface area contributed by atoms with E-state index < -0.39 is 5.26 Å². The van der Waals surface area contributed by atoms with Crippen LogP contribution in [0.3, 0.4) is 0 Å². The van der Waals surface area contributed by atoms with Gasteiger partial charge < -0.3 is 16.4 Å². The maximum absolute atomic E-state index is 5.01. The summed E-state index contributed by atoms with van der Waals surface area (Å²) in [5.74, 6) is 0. The van der Waals surface area contributed by atoms with E-state index in [0.29, 0.717) is 0 Å². The molecule has 0 aromatic carbocycles. The van der Waals surface area contributed by atoms with Crippen LogP contribution < -0.4 is 0 Å². The molecule has 0 fully saturated rings. The van der Waals surface area contributed by atoms with Crippen LogP contribution in [0.5, 0.6) is 0 Å². The minimum absolute atomic E-state index is 0. The molecule has 0 atom stereocenters. The Labute approximate surface area is 81.7 Å². The Morgan fingerprint density at radius 3 is 0.500 bits per heavy atom. The van der Waals surface area contributed by atoms with E-state index >= 15 is 0 Å². The average Bonchev–Trinajstić information content (AvgIpc) is 0.592. The van der Waals surface area contributed by atoms with Crippen LogP contribution in [0.1, 0.15) is 0 Å². The third kappa shape index (κ3) is 185. The summed E-state index contributed by atoms with van der Waals surface area (Å²) in [6.07, 6.45) is 0. The molecule has 0 saturated carbocycles. The first-order valence-electron chi connectivity index (χ1n) is 0.802. The van der Waals surface area contributed by atoms with Gasteiger partial charge in [-0.25, -0.2) is 0 Å². The second kappa shape index (κ2) is 3.90. The predicted molar refractivity (Wildman–Crippen MR) is 46.0 cm³/mol. The van der Waals surface area contributed by atoms with Gasteiger partial charge in [-0.15, -0.1) is 0 Å². The molecular weight excluding hydrogens is 317 g/mol. The molecule has 6 N–H and O–H groups in total. The summed E-state index contributed by atoms with van der Waals surface area (Å²) in [6, 6.07) is 0. The van der Waals surface area contributed by atoms with Crippen molar-refractivity contribution in [3.05, 3.63) is 0 Å². The van der Waals surface area contributed by atoms with Crippen molar-refractivity contribution in [2.75, 3.05) is 0 Å². The standard InChI is InChI=1S/6ClH.Fe.3H2O/h6*1H;;3*1H2/q;;;;;;+6;;;/p-6. The summed E-state index contributed by atoms with van der Waals surface area (Å²) in [6.45, 7) is 0. The SMILES string of the molecule is O.O.O.[Cl][Fe]([Cl])([Cl])([Cl])([Cl])[Cl]. The summed E-state index contributed by atoms with van der Waals surface area (Å²) in [5, 5.41) is -4.92. The molecule has 0 heterocycles. The van der Waals surface area contributed by atoms with Crippen molar-refractivity contribution in [1.29, 1.82) is 0 Å². The summed E-state index contributed by atoms with van der Waals surface area (Å²) in [5.41, 5.74) is 0. The molecule has 0 radical (unpaired) electrons. The first-order chi connectivity index (χ1) is 2.45. The van der Waals surface area contributed by atoms with Crippen molar-refractivity contribution >= 4 is 60.6 Å². The molecule has 0 aromatic rings. The molecule has 0 aliphatic rings. The topological polar surface area (TPSA) is 94.5 Å². The average molecular weight is 323 g/mol. The van der Waals surface area contributed by atoms with Gasteiger partial charge in [0.25, 0.3) is 0 Å². The van der Waals surface area contributed by atoms with Crippen LogP contribution in [-0.4, -0.2) is 16.4 Å². The summed E-state index contributed by atoms with van der Waals surface area (Å²) in [4.78, 5) is 0. The molecule has 0 aliphatic heterocycles. The van der Waals surface area contributed by atoms with E-state index in [4.69, 9.17) is 60.6 Å². The Kier molecular flexibility index (Phi) is 8.86. The molecule has 0 saturated heterocycles. The number of halogens is 6. The molecule has 74 valence electrons. The van der Waals surface area contributed by atoms with E-state index in [1.165, 1.54) is 0 Å². The fraction of sp³-hybridized carbons (Fsp3) is 0. The first-order valence-corrected chi connectivity index (χ1v) is 9.92. The van der Waals surface area contributed by atoms with E-state index in [-0.39, 0.29) is 16.4 Å². The van der Waals surface area contributed by atoms with Crippen LogP contribution in [0.4, 0.5) is 0 Å². The molecule has 10 heavy (non-hydrogen) atoms. The quantitative estimate of drug-likeness (QED) is 0.606. The van der Waals surface area contributed by atoms with Crippen molar-refractivity contribution < 1.29 is 21.7 Å². The van der Waals surface area contributed by atoms with Gasteiger partial charge in [0.1, 0.15) is 0 Å². The minimum atomic E-state index is -4.92. The van der Waals surface area contributed by atoms with Crippen LogP contribution in [0.2, 0.25) is 0 Å². The van der Waals surface area contributed by atoms with Gasteiger partial charge in [-0.05, 0) is 0 Å². The Hall–Kier alpha value is 2.14. The Morgan fingerprint density at radius 1 is 0.500 bits per heavy atom. The van der Waals surface area contributed by atoms with Crippen LogP contribution in [0.25, 0.3) is 0 Å². The molecular formula is H6Cl6FeO3. The van der Waals surface area contributed by atoms with Crippen LogP contribution in [0, 0.1) is 0 Å². The molecule has 3 nitrogen and oxygen atoms in total. The van der Waals surface area contributed by atoms with Gasteiger partial charge in [0.15, 0.2) is 0 Å². The zero-order chi connectivity index (χ0) is 6.41. The van der Waals surface area contributed by atoms with Gasteiger partial charge in [-0.3, -0.25) is 0 Å². The van der Waals surface area contributed by atoms with Crippen molar-refractivity contribution in [2.24, 2.45) is 0 Å². The molecule has 0 unspecified atom stereocenters. The third-order valence-corrected chi connectivity index (χ3v) is 0. The second-order valence-electron chi connectivity index (χ2n) is 0.758. The third-order valence-electron chi connectivity index (χ3n) is 0. The Morgan fingerprint density at radius 2 is 0.500 bits per heavy atom. The van der Waals surface area contributed by atoms with Gasteiger partial charge in [0.2, 0.25) is 0 Å². The fourth-order valence-electron chi connectivity index (χ4n) is 0. The molecule has 0 amide bonds. The van der Waals surface area contributed by atoms with Gasteiger partial charge in [-0.2, -0.15) is 0 Å². The van der Waals surface area contributed by atoms with E-state index in [1.807, 2.05) is 0 Å². The zero-order valence-corrected chi connectivity index (χ0v) is 9.76. The van der Waals surface area contributed by atoms with Crippen molar-refractivity contribution in [3.63, 3.8) is 0 Å². The van der Waals surface area contributed by atoms with Crippen molar-refractivity contribution in [1.82, 2.24) is 0 Å². The van der Waals surface area contributed by atoms with Gasteiger partial charge in [0.05, 0.1) is 0 Å². The van der Waals surface area contributed by atoms with Gasteiger partial charge in [0, 0.05) is 0 Å². The summed E-state index contributed by atoms with van der Waals surface area (Å²) in [7, 11) is 30.1. The summed E-state index contributed by atoms with van der Waals surface area (Å²) < 4.78 is 0. The predicted octanol–water partition coefficient (Wildman–Crippen LogP) is 1.66. The van der Waals surface area contributed by atoms with E-state index in [0.717, 1.165) is 0 Å². The number of hydrogen-bond acceptors (Lipinski definition) is 0. The maximum atomic E-state index is 5.01. The number of rotatable bonds is 0. The van der Waals surface area contributed by atoms with E-state index in [9.17, 15) is 0 Å². The molecule has 0 spiro atoms. The van der Waals surface area contributed by atoms with Crippen LogP contribution in [0.15, 0.2) is 0 Å². The molecule has 10 heteroatoms. The molecule has 0 rings (SSSR count). The van der Waals surface area contributed by atoms with Gasteiger partial charge in [-0.1, -0.05) is 0 Å². The fourth-order valence-corrected chi connectivity index (χ4v) is 0. The van der Waals surface area contributed by atoms with Crippen molar-refractivity contribution in [3.8, 4) is 0 Å². The van der Waals surface area contributed by atoms with Crippen molar-refractivity contribution in [2.45, 2.75) is 0 Å². The Balaban J connectivity index is -0.0000000600. The van der Waals surface area contributed by atoms with Crippen LogP contribution in [-0.2, 0) is 5.26 Å². The zero-order valence-electron chi connectivity index (χ0n) is 4.12. The normalized spacial score (nSPS) is 16.2.